The normalized spacial score (nSPS) is 10.4. The molecule has 0 bridgehead atoms. The van der Waals surface area contributed by atoms with Crippen molar-refractivity contribution in [2.24, 2.45) is 5.73 Å². The van der Waals surface area contributed by atoms with Crippen LogP contribution in [-0.4, -0.2) is 37.2 Å². The summed E-state index contributed by atoms with van der Waals surface area (Å²) in [5.41, 5.74) is 9.06. The molecule has 1 amide bonds. The van der Waals surface area contributed by atoms with Crippen molar-refractivity contribution in [3.63, 3.8) is 0 Å². The molecule has 162 valence electrons. The van der Waals surface area contributed by atoms with E-state index in [1.807, 2.05) is 24.3 Å². The number of hydrogen-bond acceptors (Lipinski definition) is 7. The highest BCUT2D eigenvalue weighted by Gasteiger charge is 2.26. The lowest BCUT2D eigenvalue weighted by molar-refractivity contribution is -0.117. The van der Waals surface area contributed by atoms with Crippen molar-refractivity contribution >= 4 is 11.6 Å². The minimum absolute atomic E-state index is 0.0231. The number of anilines is 1. The number of benzene rings is 1. The molecular weight excluding hydrogens is 396 g/mol. The fraction of sp³-hybridized carbons (Fsp3) is 0.261. The maximum atomic E-state index is 11.9. The fourth-order valence-corrected chi connectivity index (χ4v) is 3.49. The molecule has 0 saturated heterocycles. The van der Waals surface area contributed by atoms with Crippen molar-refractivity contribution < 1.29 is 19.0 Å². The molecule has 2 aromatic heterocycles. The Morgan fingerprint density at radius 2 is 1.39 bits per heavy atom. The zero-order valence-electron chi connectivity index (χ0n) is 17.9. The van der Waals surface area contributed by atoms with Gasteiger partial charge in [-0.2, -0.15) is 0 Å². The maximum Gasteiger partial charge on any atom is 0.221 e. The molecule has 0 radical (unpaired) electrons. The number of rotatable bonds is 10. The second kappa shape index (κ2) is 10.3. The lowest BCUT2D eigenvalue weighted by atomic mass is 10.0. The molecule has 0 unspecified atom stereocenters. The van der Waals surface area contributed by atoms with Gasteiger partial charge in [0.15, 0.2) is 11.5 Å². The third-order valence-corrected chi connectivity index (χ3v) is 4.81. The molecule has 0 atom stereocenters. The number of amides is 1. The van der Waals surface area contributed by atoms with Crippen molar-refractivity contribution in [2.45, 2.75) is 19.5 Å². The van der Waals surface area contributed by atoms with Crippen LogP contribution in [0.4, 0.5) is 5.69 Å². The van der Waals surface area contributed by atoms with Crippen molar-refractivity contribution in [3.05, 3.63) is 71.8 Å². The van der Waals surface area contributed by atoms with Crippen molar-refractivity contribution in [1.82, 2.24) is 9.97 Å². The summed E-state index contributed by atoms with van der Waals surface area (Å²) in [5.74, 6) is 0.930. The van der Waals surface area contributed by atoms with Crippen molar-refractivity contribution in [1.29, 1.82) is 0 Å². The van der Waals surface area contributed by atoms with Gasteiger partial charge in [0.1, 0.15) is 0 Å². The second-order valence-corrected chi connectivity index (χ2v) is 6.86. The zero-order chi connectivity index (χ0) is 22.2. The Morgan fingerprint density at radius 1 is 0.871 bits per heavy atom. The first-order chi connectivity index (χ1) is 15.1. The summed E-state index contributed by atoms with van der Waals surface area (Å²) in [6.45, 7) is 1.09. The number of primary amides is 1. The number of carbonyl (C=O) groups is 1. The number of methoxy groups -OCH3 is 3. The third kappa shape index (κ3) is 5.22. The number of nitrogens with zero attached hydrogens (tertiary/aromatic N) is 3. The van der Waals surface area contributed by atoms with E-state index >= 15 is 0 Å². The van der Waals surface area contributed by atoms with Crippen LogP contribution in [0.2, 0.25) is 0 Å². The van der Waals surface area contributed by atoms with E-state index in [-0.39, 0.29) is 6.42 Å². The Balaban J connectivity index is 2.20. The smallest absolute Gasteiger partial charge is 0.221 e. The third-order valence-electron chi connectivity index (χ3n) is 4.81. The van der Waals surface area contributed by atoms with E-state index in [2.05, 4.69) is 14.9 Å². The summed E-state index contributed by atoms with van der Waals surface area (Å²) in [4.78, 5) is 22.2. The molecular formula is C23H26N4O4. The predicted molar refractivity (Wildman–Crippen MR) is 117 cm³/mol. The van der Waals surface area contributed by atoms with Crippen LogP contribution in [-0.2, 0) is 24.3 Å². The Bertz CT molecular complexity index is 972. The summed E-state index contributed by atoms with van der Waals surface area (Å²) in [6.07, 6.45) is 7.01. The molecule has 8 nitrogen and oxygen atoms in total. The summed E-state index contributed by atoms with van der Waals surface area (Å²) in [7, 11) is 4.65. The van der Waals surface area contributed by atoms with Gasteiger partial charge in [-0.25, -0.2) is 0 Å². The van der Waals surface area contributed by atoms with Gasteiger partial charge in [0, 0.05) is 37.9 Å². The first kappa shape index (κ1) is 21.9. The molecule has 0 aliphatic heterocycles. The largest absolute Gasteiger partial charge is 0.493 e. The number of ether oxygens (including phenoxy) is 3. The minimum Gasteiger partial charge on any atom is -0.493 e. The topological polar surface area (TPSA) is 99.8 Å². The molecule has 0 aliphatic carbocycles. The van der Waals surface area contributed by atoms with E-state index in [1.54, 1.807) is 45.1 Å². The van der Waals surface area contributed by atoms with Crippen LogP contribution in [0.3, 0.4) is 0 Å². The quantitative estimate of drug-likeness (QED) is 0.536. The van der Waals surface area contributed by atoms with E-state index in [0.717, 1.165) is 11.1 Å². The number of nitrogens with two attached hydrogens (primary N) is 1. The summed E-state index contributed by atoms with van der Waals surface area (Å²) in [6, 6.07) is 9.55. The Kier molecular flexibility index (Phi) is 7.26. The van der Waals surface area contributed by atoms with Crippen LogP contribution in [0.25, 0.3) is 0 Å². The standard InChI is InChI=1S/C23H26N4O4/c1-29-19-12-18(13-20(24)28)21(23(31-3)22(19)30-2)27(14-16-4-8-25-9-5-16)15-17-6-10-26-11-7-17/h4-12H,13-15H2,1-3H3,(H2,24,28). The first-order valence-corrected chi connectivity index (χ1v) is 9.70. The highest BCUT2D eigenvalue weighted by atomic mass is 16.5. The number of carbonyl (C=O) groups excluding carboxylic acids is 1. The molecule has 0 fully saturated rings. The SMILES string of the molecule is COc1cc(CC(N)=O)c(N(Cc2ccncc2)Cc2ccncc2)c(OC)c1OC. The molecule has 2 heterocycles. The van der Waals surface area contributed by atoms with Crippen LogP contribution < -0.4 is 24.8 Å². The Hall–Kier alpha value is -3.81. The van der Waals surface area contributed by atoms with Crippen LogP contribution in [0, 0.1) is 0 Å². The van der Waals surface area contributed by atoms with Gasteiger partial charge in [0.2, 0.25) is 11.7 Å². The van der Waals surface area contributed by atoms with Gasteiger partial charge in [-0.05, 0) is 47.0 Å². The molecule has 0 saturated carbocycles. The van der Waals surface area contributed by atoms with Gasteiger partial charge in [0.25, 0.3) is 0 Å². The van der Waals surface area contributed by atoms with Gasteiger partial charge in [-0.15, -0.1) is 0 Å². The molecule has 1 aromatic carbocycles. The van der Waals surface area contributed by atoms with Gasteiger partial charge in [0.05, 0.1) is 33.4 Å². The number of aromatic nitrogens is 2. The number of hydrogen-bond donors (Lipinski definition) is 1. The summed E-state index contributed by atoms with van der Waals surface area (Å²) in [5, 5.41) is 0. The van der Waals surface area contributed by atoms with Gasteiger partial charge in [-0.1, -0.05) is 0 Å². The average molecular weight is 422 g/mol. The Labute approximate surface area is 181 Å². The molecule has 0 spiro atoms. The van der Waals surface area contributed by atoms with Gasteiger partial charge >= 0.3 is 0 Å². The maximum absolute atomic E-state index is 11.9. The van der Waals surface area contributed by atoms with E-state index in [9.17, 15) is 4.79 Å². The Morgan fingerprint density at radius 3 is 1.81 bits per heavy atom. The highest BCUT2D eigenvalue weighted by molar-refractivity contribution is 5.83. The number of pyridine rings is 2. The van der Waals surface area contributed by atoms with E-state index in [1.165, 1.54) is 7.11 Å². The fourth-order valence-electron chi connectivity index (χ4n) is 3.49. The van der Waals surface area contributed by atoms with Crippen LogP contribution >= 0.6 is 0 Å². The first-order valence-electron chi connectivity index (χ1n) is 9.70. The lowest BCUT2D eigenvalue weighted by Gasteiger charge is -2.30. The van der Waals surface area contributed by atoms with Crippen LogP contribution in [0.5, 0.6) is 17.2 Å². The monoisotopic (exact) mass is 422 g/mol. The molecule has 0 aliphatic rings. The predicted octanol–water partition coefficient (Wildman–Crippen LogP) is 2.74. The molecule has 31 heavy (non-hydrogen) atoms. The minimum atomic E-state index is -0.455. The van der Waals surface area contributed by atoms with Gasteiger partial charge < -0.3 is 24.8 Å². The van der Waals surface area contributed by atoms with Crippen LogP contribution in [0.1, 0.15) is 16.7 Å². The molecule has 2 N–H and O–H groups in total. The van der Waals surface area contributed by atoms with Crippen molar-refractivity contribution in [3.8, 4) is 17.2 Å². The molecule has 3 rings (SSSR count). The van der Waals surface area contributed by atoms with Crippen LogP contribution in [0.15, 0.2) is 55.1 Å². The molecule has 3 aromatic rings. The van der Waals surface area contributed by atoms with Gasteiger partial charge in [-0.3, -0.25) is 14.8 Å². The zero-order valence-corrected chi connectivity index (χ0v) is 17.9. The molecule has 8 heteroatoms. The lowest BCUT2D eigenvalue weighted by Crippen LogP contribution is -2.26. The van der Waals surface area contributed by atoms with Crippen molar-refractivity contribution in [2.75, 3.05) is 26.2 Å². The van der Waals surface area contributed by atoms with E-state index < -0.39 is 5.91 Å². The average Bonchev–Trinajstić information content (AvgIpc) is 2.78. The second-order valence-electron chi connectivity index (χ2n) is 6.86. The highest BCUT2D eigenvalue weighted by Crippen LogP contribution is 2.47. The van der Waals surface area contributed by atoms with E-state index in [4.69, 9.17) is 19.9 Å². The summed E-state index contributed by atoms with van der Waals surface area (Å²) >= 11 is 0. The van der Waals surface area contributed by atoms with E-state index in [0.29, 0.717) is 41.6 Å². The summed E-state index contributed by atoms with van der Waals surface area (Å²) < 4.78 is 16.8.